The van der Waals surface area contributed by atoms with E-state index in [-0.39, 0.29) is 30.0 Å². The molecule has 8 heteroatoms. The largest absolute Gasteiger partial charge is 0.489 e. The van der Waals surface area contributed by atoms with Crippen LogP contribution in [0.25, 0.3) is 6.08 Å². The van der Waals surface area contributed by atoms with E-state index in [4.69, 9.17) is 4.74 Å². The van der Waals surface area contributed by atoms with Crippen molar-refractivity contribution in [2.75, 3.05) is 0 Å². The zero-order valence-electron chi connectivity index (χ0n) is 16.8. The van der Waals surface area contributed by atoms with Crippen LogP contribution in [-0.2, 0) is 17.9 Å². The molecule has 160 valence electrons. The van der Waals surface area contributed by atoms with Gasteiger partial charge in [0.25, 0.3) is 16.8 Å². The predicted molar refractivity (Wildman–Crippen MR) is 122 cm³/mol. The summed E-state index contributed by atoms with van der Waals surface area (Å²) in [5.41, 5.74) is 2.12. The monoisotopic (exact) mass is 446 g/mol. The van der Waals surface area contributed by atoms with Crippen LogP contribution in [0.5, 0.6) is 5.75 Å². The van der Waals surface area contributed by atoms with Gasteiger partial charge in [0.1, 0.15) is 12.4 Å². The second-order valence-corrected chi connectivity index (χ2v) is 7.99. The number of para-hydroxylation sites is 1. The molecule has 1 saturated heterocycles. The van der Waals surface area contributed by atoms with Crippen LogP contribution in [0, 0.1) is 10.1 Å². The van der Waals surface area contributed by atoms with E-state index in [1.165, 1.54) is 11.0 Å². The lowest BCUT2D eigenvalue weighted by Crippen LogP contribution is -2.27. The SMILES string of the molecule is O=C1S/C(=C\c2ccc(OCc3ccccc3[N+](=O)[O-])cc2)C(=O)N1Cc1ccccc1. The first-order valence-corrected chi connectivity index (χ1v) is 10.6. The lowest BCUT2D eigenvalue weighted by Gasteiger charge is -2.12. The van der Waals surface area contributed by atoms with E-state index in [1.54, 1.807) is 48.5 Å². The predicted octanol–water partition coefficient (Wildman–Crippen LogP) is 5.41. The topological polar surface area (TPSA) is 89.7 Å². The Balaban J connectivity index is 1.42. The number of hydrogen-bond acceptors (Lipinski definition) is 6. The van der Waals surface area contributed by atoms with Crippen molar-refractivity contribution in [3.8, 4) is 5.75 Å². The van der Waals surface area contributed by atoms with E-state index >= 15 is 0 Å². The quantitative estimate of drug-likeness (QED) is 0.274. The fourth-order valence-corrected chi connectivity index (χ4v) is 4.02. The molecule has 1 aliphatic rings. The zero-order valence-corrected chi connectivity index (χ0v) is 17.7. The summed E-state index contributed by atoms with van der Waals surface area (Å²) in [6.45, 7) is 0.302. The Morgan fingerprint density at radius 3 is 2.34 bits per heavy atom. The molecule has 7 nitrogen and oxygen atoms in total. The van der Waals surface area contributed by atoms with Crippen molar-refractivity contribution < 1.29 is 19.2 Å². The molecule has 4 rings (SSSR count). The second-order valence-electron chi connectivity index (χ2n) is 7.00. The Morgan fingerprint density at radius 2 is 1.62 bits per heavy atom. The molecule has 0 aromatic heterocycles. The molecule has 32 heavy (non-hydrogen) atoms. The molecule has 1 heterocycles. The summed E-state index contributed by atoms with van der Waals surface area (Å²) in [6, 6.07) is 22.7. The molecule has 3 aromatic carbocycles. The summed E-state index contributed by atoms with van der Waals surface area (Å²) < 4.78 is 5.67. The van der Waals surface area contributed by atoms with Crippen LogP contribution < -0.4 is 4.74 Å². The first kappa shape index (κ1) is 21.3. The minimum absolute atomic E-state index is 0.00958. The van der Waals surface area contributed by atoms with Crippen LogP contribution in [0.3, 0.4) is 0 Å². The van der Waals surface area contributed by atoms with E-state index in [2.05, 4.69) is 0 Å². The number of carbonyl (C=O) groups excluding carboxylic acids is 2. The molecule has 1 fully saturated rings. The number of hydrogen-bond donors (Lipinski definition) is 0. The van der Waals surface area contributed by atoms with Crippen LogP contribution >= 0.6 is 11.8 Å². The third-order valence-electron chi connectivity index (χ3n) is 4.82. The molecule has 1 aliphatic heterocycles. The Bertz CT molecular complexity index is 1190. The summed E-state index contributed by atoms with van der Waals surface area (Å²) in [4.78, 5) is 37.2. The first-order valence-electron chi connectivity index (χ1n) is 9.76. The number of carbonyl (C=O) groups is 2. The normalized spacial score (nSPS) is 14.8. The van der Waals surface area contributed by atoms with Crippen molar-refractivity contribution in [2.45, 2.75) is 13.2 Å². The van der Waals surface area contributed by atoms with Gasteiger partial charge in [-0.2, -0.15) is 0 Å². The van der Waals surface area contributed by atoms with E-state index in [9.17, 15) is 19.7 Å². The summed E-state index contributed by atoms with van der Waals surface area (Å²) in [5.74, 6) is 0.220. The fourth-order valence-electron chi connectivity index (χ4n) is 3.19. The van der Waals surface area contributed by atoms with Crippen LogP contribution in [0.1, 0.15) is 16.7 Å². The van der Waals surface area contributed by atoms with Gasteiger partial charge in [0.15, 0.2) is 0 Å². The Hall–Kier alpha value is -3.91. The van der Waals surface area contributed by atoms with Crippen molar-refractivity contribution in [2.24, 2.45) is 0 Å². The van der Waals surface area contributed by atoms with E-state index in [0.29, 0.717) is 16.2 Å². The molecule has 2 amide bonds. The van der Waals surface area contributed by atoms with Gasteiger partial charge >= 0.3 is 0 Å². The van der Waals surface area contributed by atoms with Crippen LogP contribution in [-0.4, -0.2) is 21.0 Å². The molecule has 0 saturated carbocycles. The summed E-state index contributed by atoms with van der Waals surface area (Å²) in [5, 5.41) is 10.8. The Kier molecular flexibility index (Phi) is 6.32. The molecule has 0 N–H and O–H groups in total. The van der Waals surface area contributed by atoms with Gasteiger partial charge in [0.2, 0.25) is 0 Å². The van der Waals surface area contributed by atoms with Gasteiger partial charge in [-0.15, -0.1) is 0 Å². The highest BCUT2D eigenvalue weighted by Gasteiger charge is 2.34. The number of benzene rings is 3. The highest BCUT2D eigenvalue weighted by molar-refractivity contribution is 8.18. The van der Waals surface area contributed by atoms with E-state index in [1.807, 2.05) is 30.3 Å². The number of nitrogens with zero attached hydrogens (tertiary/aromatic N) is 2. The van der Waals surface area contributed by atoms with Gasteiger partial charge < -0.3 is 4.74 Å². The molecule has 0 atom stereocenters. The van der Waals surface area contributed by atoms with Gasteiger partial charge in [-0.3, -0.25) is 24.6 Å². The zero-order chi connectivity index (χ0) is 22.5. The van der Waals surface area contributed by atoms with Crippen molar-refractivity contribution in [1.82, 2.24) is 4.90 Å². The van der Waals surface area contributed by atoms with Crippen LogP contribution in [0.15, 0.2) is 83.8 Å². The average Bonchev–Trinajstić information content (AvgIpc) is 3.06. The molecule has 3 aromatic rings. The fraction of sp³-hybridized carbons (Fsp3) is 0.0833. The maximum atomic E-state index is 12.7. The van der Waals surface area contributed by atoms with Gasteiger partial charge in [-0.1, -0.05) is 54.6 Å². The maximum Gasteiger partial charge on any atom is 0.293 e. The van der Waals surface area contributed by atoms with Gasteiger partial charge in [0, 0.05) is 6.07 Å². The highest BCUT2D eigenvalue weighted by Crippen LogP contribution is 2.33. The van der Waals surface area contributed by atoms with Crippen LogP contribution in [0.4, 0.5) is 10.5 Å². The molecular weight excluding hydrogens is 428 g/mol. The number of nitro groups is 1. The summed E-state index contributed by atoms with van der Waals surface area (Å²) >= 11 is 0.915. The summed E-state index contributed by atoms with van der Waals surface area (Å²) in [7, 11) is 0. The van der Waals surface area contributed by atoms with Crippen molar-refractivity contribution in [1.29, 1.82) is 0 Å². The molecule has 0 unspecified atom stereocenters. The van der Waals surface area contributed by atoms with Gasteiger partial charge in [0.05, 0.1) is 21.9 Å². The van der Waals surface area contributed by atoms with Crippen molar-refractivity contribution in [3.63, 3.8) is 0 Å². The van der Waals surface area contributed by atoms with Gasteiger partial charge in [-0.25, -0.2) is 0 Å². The third-order valence-corrected chi connectivity index (χ3v) is 5.73. The number of ether oxygens (including phenoxy) is 1. The molecule has 0 bridgehead atoms. The lowest BCUT2D eigenvalue weighted by atomic mass is 10.2. The molecule has 0 aliphatic carbocycles. The van der Waals surface area contributed by atoms with Crippen molar-refractivity contribution >= 4 is 34.7 Å². The third kappa shape index (κ3) is 4.87. The highest BCUT2D eigenvalue weighted by atomic mass is 32.2. The second kappa shape index (κ2) is 9.49. The number of imide groups is 1. The number of nitro benzene ring substituents is 1. The number of amides is 2. The maximum absolute atomic E-state index is 12.7. The first-order chi connectivity index (χ1) is 15.5. The number of thioether (sulfide) groups is 1. The standard InChI is InChI=1S/C24H18N2O5S/c27-23-22(32-24(28)25(23)15-18-6-2-1-3-7-18)14-17-10-12-20(13-11-17)31-16-19-8-4-5-9-21(19)26(29)30/h1-14H,15-16H2/b22-14-. The van der Waals surface area contributed by atoms with E-state index < -0.39 is 4.92 Å². The molecular formula is C24H18N2O5S. The minimum atomic E-state index is -0.438. The number of rotatable bonds is 7. The Morgan fingerprint density at radius 1 is 0.938 bits per heavy atom. The van der Waals surface area contributed by atoms with Gasteiger partial charge in [-0.05, 0) is 47.2 Å². The van der Waals surface area contributed by atoms with Crippen molar-refractivity contribution in [3.05, 3.63) is 111 Å². The summed E-state index contributed by atoms with van der Waals surface area (Å²) in [6.07, 6.45) is 1.67. The van der Waals surface area contributed by atoms with E-state index in [0.717, 1.165) is 22.9 Å². The van der Waals surface area contributed by atoms with Crippen LogP contribution in [0.2, 0.25) is 0 Å². The average molecular weight is 446 g/mol. The Labute approximate surface area is 188 Å². The minimum Gasteiger partial charge on any atom is -0.489 e. The smallest absolute Gasteiger partial charge is 0.293 e. The molecule has 0 radical (unpaired) electrons. The lowest BCUT2D eigenvalue weighted by molar-refractivity contribution is -0.385. The molecule has 0 spiro atoms.